The van der Waals surface area contributed by atoms with Crippen LogP contribution in [0.25, 0.3) is 0 Å². The van der Waals surface area contributed by atoms with E-state index in [0.717, 1.165) is 0 Å². The van der Waals surface area contributed by atoms with E-state index in [0.29, 0.717) is 14.5 Å². The third-order valence-electron chi connectivity index (χ3n) is 1.79. The molecule has 0 saturated heterocycles. The Bertz CT molecular complexity index is 369. The molecule has 0 unspecified atom stereocenters. The van der Waals surface area contributed by atoms with Crippen molar-refractivity contribution < 1.29 is 20.1 Å². The van der Waals surface area contributed by atoms with Gasteiger partial charge < -0.3 is 15.3 Å². The van der Waals surface area contributed by atoms with Crippen LogP contribution in [0.2, 0.25) is 0 Å². The number of aromatic hydroxyl groups is 1. The molecule has 3 N–H and O–H groups in total. The highest BCUT2D eigenvalue weighted by molar-refractivity contribution is 9.11. The number of aliphatic carboxylic acids is 1. The summed E-state index contributed by atoms with van der Waals surface area (Å²) in [6.07, 6.45) is -1.44. The van der Waals surface area contributed by atoms with Crippen molar-refractivity contribution >= 4 is 37.8 Å². The van der Waals surface area contributed by atoms with Gasteiger partial charge in [-0.25, -0.2) is 4.79 Å². The van der Waals surface area contributed by atoms with Crippen LogP contribution in [0.4, 0.5) is 0 Å². The molecule has 0 aliphatic heterocycles. The van der Waals surface area contributed by atoms with E-state index < -0.39 is 12.1 Å². The highest BCUT2D eigenvalue weighted by Gasteiger charge is 2.15. The molecule has 0 aromatic heterocycles. The van der Waals surface area contributed by atoms with E-state index in [-0.39, 0.29) is 12.2 Å². The normalized spacial score (nSPS) is 12.5. The van der Waals surface area contributed by atoms with Crippen molar-refractivity contribution in [1.29, 1.82) is 0 Å². The largest absolute Gasteiger partial charge is 0.506 e. The van der Waals surface area contributed by atoms with Crippen LogP contribution >= 0.6 is 31.9 Å². The first-order valence-corrected chi connectivity index (χ1v) is 5.58. The molecule has 0 saturated carbocycles. The molecule has 6 heteroatoms. The topological polar surface area (TPSA) is 77.8 Å². The van der Waals surface area contributed by atoms with Crippen LogP contribution in [0.3, 0.4) is 0 Å². The average Bonchev–Trinajstić information content (AvgIpc) is 2.13. The van der Waals surface area contributed by atoms with E-state index in [4.69, 9.17) is 10.2 Å². The van der Waals surface area contributed by atoms with E-state index in [1.807, 2.05) is 0 Å². The first kappa shape index (κ1) is 12.5. The van der Waals surface area contributed by atoms with Crippen molar-refractivity contribution in [1.82, 2.24) is 0 Å². The fraction of sp³-hybridized carbons (Fsp3) is 0.222. The Hall–Kier alpha value is -0.590. The summed E-state index contributed by atoms with van der Waals surface area (Å²) < 4.78 is 0.897. The Morgan fingerprint density at radius 3 is 2.20 bits per heavy atom. The number of hydrogen-bond acceptors (Lipinski definition) is 3. The fourth-order valence-corrected chi connectivity index (χ4v) is 2.33. The van der Waals surface area contributed by atoms with Gasteiger partial charge >= 0.3 is 5.97 Å². The zero-order valence-corrected chi connectivity index (χ0v) is 10.6. The third-order valence-corrected chi connectivity index (χ3v) is 3.00. The van der Waals surface area contributed by atoms with Crippen LogP contribution in [-0.2, 0) is 11.2 Å². The summed E-state index contributed by atoms with van der Waals surface area (Å²) in [5, 5.41) is 27.1. The van der Waals surface area contributed by atoms with Gasteiger partial charge in [0.05, 0.1) is 8.95 Å². The first-order valence-electron chi connectivity index (χ1n) is 3.99. The van der Waals surface area contributed by atoms with Crippen molar-refractivity contribution in [2.75, 3.05) is 0 Å². The van der Waals surface area contributed by atoms with Gasteiger partial charge in [0.15, 0.2) is 6.10 Å². The predicted octanol–water partition coefficient (Wildman–Crippen LogP) is 1.91. The second-order valence-corrected chi connectivity index (χ2v) is 4.67. The van der Waals surface area contributed by atoms with Crippen LogP contribution in [0, 0.1) is 0 Å². The smallest absolute Gasteiger partial charge is 0.332 e. The maximum atomic E-state index is 10.4. The summed E-state index contributed by atoms with van der Waals surface area (Å²) in [4.78, 5) is 10.4. The number of hydrogen-bond donors (Lipinski definition) is 3. The molecule has 1 aromatic carbocycles. The molecule has 82 valence electrons. The van der Waals surface area contributed by atoms with Crippen molar-refractivity contribution in [3.63, 3.8) is 0 Å². The Balaban J connectivity index is 2.92. The number of benzene rings is 1. The van der Waals surface area contributed by atoms with Gasteiger partial charge in [0, 0.05) is 6.42 Å². The Labute approximate surface area is 103 Å². The molecule has 1 atom stereocenters. The molecule has 15 heavy (non-hydrogen) atoms. The van der Waals surface area contributed by atoms with Gasteiger partial charge in [-0.15, -0.1) is 0 Å². The van der Waals surface area contributed by atoms with E-state index >= 15 is 0 Å². The Morgan fingerprint density at radius 1 is 1.33 bits per heavy atom. The van der Waals surface area contributed by atoms with Crippen molar-refractivity contribution in [3.05, 3.63) is 26.6 Å². The summed E-state index contributed by atoms with van der Waals surface area (Å²) >= 11 is 6.23. The number of rotatable bonds is 3. The molecule has 0 aliphatic carbocycles. The van der Waals surface area contributed by atoms with Crippen LogP contribution in [0.1, 0.15) is 5.56 Å². The van der Waals surface area contributed by atoms with Gasteiger partial charge in [-0.1, -0.05) is 0 Å². The van der Waals surface area contributed by atoms with Crippen molar-refractivity contribution in [2.24, 2.45) is 0 Å². The number of carbonyl (C=O) groups is 1. The fourth-order valence-electron chi connectivity index (χ4n) is 1.05. The monoisotopic (exact) mass is 338 g/mol. The highest BCUT2D eigenvalue weighted by atomic mass is 79.9. The van der Waals surface area contributed by atoms with Crippen LogP contribution in [-0.4, -0.2) is 27.4 Å². The first-order chi connectivity index (χ1) is 6.91. The number of carboxylic acid groups (broad SMARTS) is 1. The summed E-state index contributed by atoms with van der Waals surface area (Å²) in [6.45, 7) is 0. The molecule has 0 aliphatic rings. The van der Waals surface area contributed by atoms with E-state index in [1.54, 1.807) is 12.1 Å². The lowest BCUT2D eigenvalue weighted by molar-refractivity contribution is -0.146. The lowest BCUT2D eigenvalue weighted by Gasteiger charge is -2.08. The van der Waals surface area contributed by atoms with Crippen LogP contribution in [0.15, 0.2) is 21.1 Å². The predicted molar refractivity (Wildman–Crippen MR) is 60.9 cm³/mol. The van der Waals surface area contributed by atoms with Gasteiger partial charge in [0.1, 0.15) is 5.75 Å². The Morgan fingerprint density at radius 2 is 1.80 bits per heavy atom. The third kappa shape index (κ3) is 3.19. The van der Waals surface area contributed by atoms with Crippen molar-refractivity contribution in [2.45, 2.75) is 12.5 Å². The van der Waals surface area contributed by atoms with Crippen molar-refractivity contribution in [3.8, 4) is 5.75 Å². The Kier molecular flexibility index (Phi) is 4.12. The number of halogens is 2. The maximum absolute atomic E-state index is 10.4. The summed E-state index contributed by atoms with van der Waals surface area (Å²) in [6, 6.07) is 3.12. The molecular weight excluding hydrogens is 332 g/mol. The molecule has 4 nitrogen and oxygen atoms in total. The zero-order chi connectivity index (χ0) is 11.6. The maximum Gasteiger partial charge on any atom is 0.332 e. The highest BCUT2D eigenvalue weighted by Crippen LogP contribution is 2.33. The minimum absolute atomic E-state index is 0.00713. The molecule has 0 spiro atoms. The van der Waals surface area contributed by atoms with Crippen LogP contribution < -0.4 is 0 Å². The lowest BCUT2D eigenvalue weighted by atomic mass is 10.1. The quantitative estimate of drug-likeness (QED) is 0.786. The molecule has 1 rings (SSSR count). The molecule has 0 fully saturated rings. The molecule has 0 heterocycles. The van der Waals surface area contributed by atoms with E-state index in [2.05, 4.69) is 31.9 Å². The van der Waals surface area contributed by atoms with Gasteiger partial charge in [-0.3, -0.25) is 0 Å². The average molecular weight is 340 g/mol. The van der Waals surface area contributed by atoms with Gasteiger partial charge in [0.25, 0.3) is 0 Å². The standard InChI is InChI=1S/C9H8Br2O4/c10-5-1-4(2-6(11)8(5)13)3-7(12)9(14)15/h1-2,7,12-13H,3H2,(H,14,15)/t7-/m1/s1. The molecule has 0 bridgehead atoms. The van der Waals surface area contributed by atoms with Gasteiger partial charge in [-0.05, 0) is 49.6 Å². The SMILES string of the molecule is O=C(O)[C@H](O)Cc1cc(Br)c(O)c(Br)c1. The van der Waals surface area contributed by atoms with Gasteiger partial charge in [-0.2, -0.15) is 0 Å². The summed E-state index contributed by atoms with van der Waals surface area (Å²) in [7, 11) is 0. The summed E-state index contributed by atoms with van der Waals surface area (Å²) in [5.74, 6) is -1.22. The second-order valence-electron chi connectivity index (χ2n) is 2.97. The molecule has 0 radical (unpaired) electrons. The minimum atomic E-state index is -1.44. The number of phenolic OH excluding ortho intramolecular Hbond substituents is 1. The molecule has 0 amide bonds. The minimum Gasteiger partial charge on any atom is -0.506 e. The number of aliphatic hydroxyl groups excluding tert-OH is 1. The van der Waals surface area contributed by atoms with E-state index in [1.165, 1.54) is 0 Å². The van der Waals surface area contributed by atoms with Crippen LogP contribution in [0.5, 0.6) is 5.75 Å². The molecule has 1 aromatic rings. The van der Waals surface area contributed by atoms with Gasteiger partial charge in [0.2, 0.25) is 0 Å². The summed E-state index contributed by atoms with van der Waals surface area (Å²) in [5.41, 5.74) is 0.612. The lowest BCUT2D eigenvalue weighted by Crippen LogP contribution is -2.21. The zero-order valence-electron chi connectivity index (χ0n) is 7.44. The number of aliphatic hydroxyl groups is 1. The van der Waals surface area contributed by atoms with E-state index in [9.17, 15) is 9.90 Å². The second kappa shape index (κ2) is 4.96. The molecular formula is C9H8Br2O4. The number of carboxylic acids is 1. The number of phenols is 1.